The summed E-state index contributed by atoms with van der Waals surface area (Å²) in [7, 11) is 0. The Bertz CT molecular complexity index is 292. The monoisotopic (exact) mass is 296 g/mol. The molecular weight excluding hydrogens is 287 g/mol. The van der Waals surface area contributed by atoms with Gasteiger partial charge in [0.05, 0.1) is 16.7 Å². The highest BCUT2D eigenvalue weighted by Gasteiger charge is 2.08. The summed E-state index contributed by atoms with van der Waals surface area (Å²) in [6.07, 6.45) is 2.09. The second kappa shape index (κ2) is 5.84. The van der Waals surface area contributed by atoms with E-state index in [-0.39, 0.29) is 0 Å². The molecule has 0 bridgehead atoms. The van der Waals surface area contributed by atoms with E-state index in [2.05, 4.69) is 22.9 Å². The van der Waals surface area contributed by atoms with E-state index in [9.17, 15) is 0 Å². The lowest BCUT2D eigenvalue weighted by Crippen LogP contribution is -1.97. The Labute approximate surface area is 102 Å². The number of unbranched alkanes of at least 4 members (excludes halogenated alkanes) is 1. The van der Waals surface area contributed by atoms with Crippen LogP contribution in [0.1, 0.15) is 19.8 Å². The molecule has 0 spiro atoms. The van der Waals surface area contributed by atoms with Crippen LogP contribution < -0.4 is 4.74 Å². The Balaban J connectivity index is 2.75. The molecule has 0 unspecified atom stereocenters. The molecule has 0 aliphatic rings. The van der Waals surface area contributed by atoms with Crippen LogP contribution in [0.15, 0.2) is 16.6 Å². The van der Waals surface area contributed by atoms with E-state index in [4.69, 9.17) is 27.9 Å². The van der Waals surface area contributed by atoms with Gasteiger partial charge >= 0.3 is 0 Å². The molecule has 1 nitrogen and oxygen atoms in total. The SMILES string of the molecule is CCCCOc1c(Cl)cc(Br)cc1Cl. The molecule has 0 saturated carbocycles. The molecule has 0 radical (unpaired) electrons. The topological polar surface area (TPSA) is 9.23 Å². The largest absolute Gasteiger partial charge is 0.490 e. The molecule has 0 saturated heterocycles. The number of halogens is 3. The van der Waals surface area contributed by atoms with Gasteiger partial charge < -0.3 is 4.74 Å². The van der Waals surface area contributed by atoms with E-state index in [1.54, 1.807) is 12.1 Å². The third-order valence-corrected chi connectivity index (χ3v) is 2.73. The molecule has 14 heavy (non-hydrogen) atoms. The lowest BCUT2D eigenvalue weighted by molar-refractivity contribution is 0.309. The molecule has 0 heterocycles. The third kappa shape index (κ3) is 3.34. The fourth-order valence-electron chi connectivity index (χ4n) is 0.985. The lowest BCUT2D eigenvalue weighted by atomic mass is 10.3. The molecule has 0 aliphatic heterocycles. The molecule has 1 aromatic carbocycles. The number of benzene rings is 1. The minimum absolute atomic E-state index is 0.542. The van der Waals surface area contributed by atoms with Crippen molar-refractivity contribution in [3.8, 4) is 5.75 Å². The number of rotatable bonds is 4. The number of hydrogen-bond acceptors (Lipinski definition) is 1. The highest BCUT2D eigenvalue weighted by atomic mass is 79.9. The van der Waals surface area contributed by atoms with E-state index >= 15 is 0 Å². The molecule has 78 valence electrons. The minimum atomic E-state index is 0.542. The van der Waals surface area contributed by atoms with Crippen molar-refractivity contribution in [1.82, 2.24) is 0 Å². The van der Waals surface area contributed by atoms with Gasteiger partial charge in [-0.3, -0.25) is 0 Å². The maximum atomic E-state index is 5.97. The Hall–Kier alpha value is 0.0800. The van der Waals surface area contributed by atoms with Crippen molar-refractivity contribution < 1.29 is 4.74 Å². The predicted octanol–water partition coefficient (Wildman–Crippen LogP) is 4.93. The van der Waals surface area contributed by atoms with Crippen molar-refractivity contribution in [3.63, 3.8) is 0 Å². The van der Waals surface area contributed by atoms with Crippen molar-refractivity contribution in [1.29, 1.82) is 0 Å². The fraction of sp³-hybridized carbons (Fsp3) is 0.400. The average Bonchev–Trinajstić information content (AvgIpc) is 2.09. The zero-order valence-corrected chi connectivity index (χ0v) is 10.9. The minimum Gasteiger partial charge on any atom is -0.490 e. The van der Waals surface area contributed by atoms with E-state index in [1.165, 1.54) is 0 Å². The smallest absolute Gasteiger partial charge is 0.156 e. The van der Waals surface area contributed by atoms with Crippen LogP contribution in [0.5, 0.6) is 5.75 Å². The predicted molar refractivity (Wildman–Crippen MR) is 64.6 cm³/mol. The molecule has 4 heteroatoms. The zero-order valence-electron chi connectivity index (χ0n) is 7.82. The van der Waals surface area contributed by atoms with E-state index in [0.717, 1.165) is 17.3 Å². The maximum Gasteiger partial charge on any atom is 0.156 e. The van der Waals surface area contributed by atoms with Crippen LogP contribution in [0.25, 0.3) is 0 Å². The first-order valence-electron chi connectivity index (χ1n) is 4.42. The van der Waals surface area contributed by atoms with Crippen LogP contribution in [0, 0.1) is 0 Å². The lowest BCUT2D eigenvalue weighted by Gasteiger charge is -2.09. The Kier molecular flexibility index (Phi) is 5.07. The summed E-state index contributed by atoms with van der Waals surface area (Å²) in [6.45, 7) is 2.76. The summed E-state index contributed by atoms with van der Waals surface area (Å²) >= 11 is 15.3. The van der Waals surface area contributed by atoms with Gasteiger partial charge in [-0.1, -0.05) is 52.5 Å². The molecule has 0 aliphatic carbocycles. The maximum absolute atomic E-state index is 5.97. The van der Waals surface area contributed by atoms with Crippen LogP contribution in [0.2, 0.25) is 10.0 Å². The quantitative estimate of drug-likeness (QED) is 0.716. The van der Waals surface area contributed by atoms with Gasteiger partial charge in [-0.2, -0.15) is 0 Å². The molecule has 0 aromatic heterocycles. The van der Waals surface area contributed by atoms with Gasteiger partial charge in [0.15, 0.2) is 5.75 Å². The van der Waals surface area contributed by atoms with Gasteiger partial charge in [0.25, 0.3) is 0 Å². The zero-order chi connectivity index (χ0) is 10.6. The first-order chi connectivity index (χ1) is 6.65. The van der Waals surface area contributed by atoms with Crippen LogP contribution in [0.4, 0.5) is 0 Å². The molecule has 1 aromatic rings. The standard InChI is InChI=1S/C10H11BrCl2O/c1-2-3-4-14-10-8(12)5-7(11)6-9(10)13/h5-6H,2-4H2,1H3. The third-order valence-electron chi connectivity index (χ3n) is 1.71. The highest BCUT2D eigenvalue weighted by molar-refractivity contribution is 9.10. The van der Waals surface area contributed by atoms with Gasteiger partial charge in [0.1, 0.15) is 0 Å². The van der Waals surface area contributed by atoms with Crippen LogP contribution in [0.3, 0.4) is 0 Å². The van der Waals surface area contributed by atoms with Crippen LogP contribution in [-0.2, 0) is 0 Å². The van der Waals surface area contributed by atoms with Crippen molar-refractivity contribution in [2.24, 2.45) is 0 Å². The van der Waals surface area contributed by atoms with Gasteiger partial charge in [0, 0.05) is 4.47 Å². The van der Waals surface area contributed by atoms with Crippen molar-refractivity contribution in [2.45, 2.75) is 19.8 Å². The summed E-state index contributed by atoms with van der Waals surface area (Å²) in [5.41, 5.74) is 0. The van der Waals surface area contributed by atoms with E-state index in [1.807, 2.05) is 0 Å². The fourth-order valence-corrected chi connectivity index (χ4v) is 2.30. The molecular formula is C10H11BrCl2O. The number of hydrogen-bond donors (Lipinski definition) is 0. The van der Waals surface area contributed by atoms with Crippen molar-refractivity contribution >= 4 is 39.1 Å². The van der Waals surface area contributed by atoms with Gasteiger partial charge in [-0.05, 0) is 18.6 Å². The normalized spacial score (nSPS) is 10.3. The molecule has 1 rings (SSSR count). The molecule has 0 N–H and O–H groups in total. The van der Waals surface area contributed by atoms with Gasteiger partial charge in [-0.15, -0.1) is 0 Å². The van der Waals surface area contributed by atoms with Gasteiger partial charge in [0.2, 0.25) is 0 Å². The second-order valence-electron chi connectivity index (χ2n) is 2.90. The second-order valence-corrected chi connectivity index (χ2v) is 4.63. The number of ether oxygens (including phenoxy) is 1. The summed E-state index contributed by atoms with van der Waals surface area (Å²) in [5, 5.41) is 1.08. The molecule has 0 fully saturated rings. The summed E-state index contributed by atoms with van der Waals surface area (Å²) < 4.78 is 6.34. The van der Waals surface area contributed by atoms with Gasteiger partial charge in [-0.25, -0.2) is 0 Å². The Morgan fingerprint density at radius 1 is 1.29 bits per heavy atom. The molecule has 0 amide bonds. The summed E-state index contributed by atoms with van der Waals surface area (Å²) in [6, 6.07) is 3.55. The summed E-state index contributed by atoms with van der Waals surface area (Å²) in [4.78, 5) is 0. The van der Waals surface area contributed by atoms with E-state index in [0.29, 0.717) is 22.4 Å². The van der Waals surface area contributed by atoms with Crippen molar-refractivity contribution in [2.75, 3.05) is 6.61 Å². The van der Waals surface area contributed by atoms with E-state index < -0.39 is 0 Å². The first kappa shape index (κ1) is 12.2. The van der Waals surface area contributed by atoms with Crippen LogP contribution >= 0.6 is 39.1 Å². The van der Waals surface area contributed by atoms with Crippen LogP contribution in [-0.4, -0.2) is 6.61 Å². The average molecular weight is 298 g/mol. The Morgan fingerprint density at radius 3 is 2.36 bits per heavy atom. The molecule has 0 atom stereocenters. The Morgan fingerprint density at radius 2 is 1.86 bits per heavy atom. The highest BCUT2D eigenvalue weighted by Crippen LogP contribution is 2.35. The summed E-state index contributed by atoms with van der Waals surface area (Å²) in [5.74, 6) is 0.574. The van der Waals surface area contributed by atoms with Crippen molar-refractivity contribution in [3.05, 3.63) is 26.7 Å². The first-order valence-corrected chi connectivity index (χ1v) is 5.97.